The number of carbonyl (C=O) groups is 2. The molecule has 10 heteroatoms. The third-order valence-corrected chi connectivity index (χ3v) is 7.17. The first-order valence-electron chi connectivity index (χ1n) is 9.93. The van der Waals surface area contributed by atoms with E-state index >= 15 is 0 Å². The van der Waals surface area contributed by atoms with Crippen molar-refractivity contribution in [1.29, 1.82) is 0 Å². The lowest BCUT2D eigenvalue weighted by atomic mass is 10.2. The Morgan fingerprint density at radius 3 is 2.42 bits per heavy atom. The van der Waals surface area contributed by atoms with Crippen molar-refractivity contribution in [3.63, 3.8) is 0 Å². The minimum absolute atomic E-state index is 0.00389. The van der Waals surface area contributed by atoms with E-state index in [0.29, 0.717) is 24.3 Å². The van der Waals surface area contributed by atoms with Crippen molar-refractivity contribution >= 4 is 21.8 Å². The van der Waals surface area contributed by atoms with E-state index in [9.17, 15) is 18.0 Å². The lowest BCUT2D eigenvalue weighted by Crippen LogP contribution is -2.55. The first kappa shape index (κ1) is 21.1. The first-order valence-corrected chi connectivity index (χ1v) is 11.4. The SMILES string of the molecule is Cc1ccc(S(=O)(=O)N2CCCC2C(=O)NNC(=O)C2COc3ccccc3O2)cc1. The zero-order valence-electron chi connectivity index (χ0n) is 16.9. The Morgan fingerprint density at radius 2 is 1.68 bits per heavy atom. The monoisotopic (exact) mass is 445 g/mol. The van der Waals surface area contributed by atoms with Gasteiger partial charge in [0.2, 0.25) is 16.1 Å². The van der Waals surface area contributed by atoms with Gasteiger partial charge in [0.1, 0.15) is 12.6 Å². The molecule has 0 aromatic heterocycles. The summed E-state index contributed by atoms with van der Waals surface area (Å²) in [5, 5.41) is 0. The second-order valence-electron chi connectivity index (χ2n) is 7.43. The van der Waals surface area contributed by atoms with Crippen LogP contribution >= 0.6 is 0 Å². The predicted molar refractivity (Wildman–Crippen MR) is 111 cm³/mol. The van der Waals surface area contributed by atoms with Crippen LogP contribution in [0.3, 0.4) is 0 Å². The van der Waals surface area contributed by atoms with E-state index in [1.807, 2.05) is 6.92 Å². The van der Waals surface area contributed by atoms with E-state index in [1.165, 1.54) is 16.4 Å². The molecular weight excluding hydrogens is 422 g/mol. The Morgan fingerprint density at radius 1 is 1.00 bits per heavy atom. The second-order valence-corrected chi connectivity index (χ2v) is 9.32. The normalized spacial score (nSPS) is 20.8. The highest BCUT2D eigenvalue weighted by atomic mass is 32.2. The molecule has 2 aromatic rings. The molecule has 4 rings (SSSR count). The molecule has 2 N–H and O–H groups in total. The van der Waals surface area contributed by atoms with Gasteiger partial charge in [0.15, 0.2) is 11.5 Å². The summed E-state index contributed by atoms with van der Waals surface area (Å²) in [4.78, 5) is 25.2. The van der Waals surface area contributed by atoms with Crippen molar-refractivity contribution in [3.8, 4) is 11.5 Å². The number of aryl methyl sites for hydroxylation is 1. The summed E-state index contributed by atoms with van der Waals surface area (Å²) >= 11 is 0. The van der Waals surface area contributed by atoms with Gasteiger partial charge in [0, 0.05) is 6.54 Å². The number of hydrogen-bond acceptors (Lipinski definition) is 6. The lowest BCUT2D eigenvalue weighted by molar-refractivity contribution is -0.136. The molecular formula is C21H23N3O6S. The Balaban J connectivity index is 1.38. The summed E-state index contributed by atoms with van der Waals surface area (Å²) in [6, 6.07) is 12.5. The summed E-state index contributed by atoms with van der Waals surface area (Å²) in [6.07, 6.45) is -0.0253. The summed E-state index contributed by atoms with van der Waals surface area (Å²) < 4.78 is 38.2. The Kier molecular flexibility index (Phi) is 5.84. The van der Waals surface area contributed by atoms with E-state index in [0.717, 1.165) is 5.56 Å². The molecule has 1 saturated heterocycles. The smallest absolute Gasteiger partial charge is 0.283 e. The number of carbonyl (C=O) groups excluding carboxylic acids is 2. The maximum absolute atomic E-state index is 13.0. The molecule has 2 aromatic carbocycles. The van der Waals surface area contributed by atoms with Gasteiger partial charge in [-0.15, -0.1) is 0 Å². The zero-order chi connectivity index (χ0) is 22.0. The Hall–Kier alpha value is -3.11. The number of sulfonamides is 1. The molecule has 2 amide bonds. The van der Waals surface area contributed by atoms with Crippen molar-refractivity contribution in [2.75, 3.05) is 13.2 Å². The molecule has 1 fully saturated rings. The predicted octanol–water partition coefficient (Wildman–Crippen LogP) is 1.14. The van der Waals surface area contributed by atoms with E-state index in [2.05, 4.69) is 10.9 Å². The zero-order valence-corrected chi connectivity index (χ0v) is 17.7. The molecule has 0 saturated carbocycles. The molecule has 0 radical (unpaired) electrons. The third-order valence-electron chi connectivity index (χ3n) is 5.24. The molecule has 2 aliphatic rings. The quantitative estimate of drug-likeness (QED) is 0.682. The molecule has 2 unspecified atom stereocenters. The molecule has 2 aliphatic heterocycles. The van der Waals surface area contributed by atoms with Crippen molar-refractivity contribution in [1.82, 2.24) is 15.2 Å². The largest absolute Gasteiger partial charge is 0.485 e. The van der Waals surface area contributed by atoms with Crippen LogP contribution in [0.15, 0.2) is 53.4 Å². The summed E-state index contributed by atoms with van der Waals surface area (Å²) in [5.41, 5.74) is 5.58. The lowest BCUT2D eigenvalue weighted by Gasteiger charge is -2.26. The van der Waals surface area contributed by atoms with Gasteiger partial charge in [-0.1, -0.05) is 29.8 Å². The van der Waals surface area contributed by atoms with Crippen LogP contribution in [0, 0.1) is 6.92 Å². The third kappa shape index (κ3) is 4.35. The highest BCUT2D eigenvalue weighted by Gasteiger charge is 2.40. The Bertz CT molecular complexity index is 1090. The van der Waals surface area contributed by atoms with Crippen LogP contribution in [-0.4, -0.2) is 49.8 Å². The minimum atomic E-state index is -3.83. The maximum atomic E-state index is 13.0. The van der Waals surface area contributed by atoms with Gasteiger partial charge in [-0.3, -0.25) is 20.4 Å². The van der Waals surface area contributed by atoms with E-state index in [1.54, 1.807) is 36.4 Å². The number of hydrazine groups is 1. The first-order chi connectivity index (χ1) is 14.9. The number of hydrogen-bond donors (Lipinski definition) is 2. The fourth-order valence-electron chi connectivity index (χ4n) is 3.57. The topological polar surface area (TPSA) is 114 Å². The molecule has 164 valence electrons. The van der Waals surface area contributed by atoms with Gasteiger partial charge < -0.3 is 9.47 Å². The van der Waals surface area contributed by atoms with E-state index in [-0.39, 0.29) is 18.0 Å². The highest BCUT2D eigenvalue weighted by molar-refractivity contribution is 7.89. The highest BCUT2D eigenvalue weighted by Crippen LogP contribution is 2.31. The van der Waals surface area contributed by atoms with Crippen molar-refractivity contribution in [2.24, 2.45) is 0 Å². The van der Waals surface area contributed by atoms with Gasteiger partial charge in [0.25, 0.3) is 11.8 Å². The number of para-hydroxylation sites is 2. The number of nitrogens with one attached hydrogen (secondary N) is 2. The molecule has 0 spiro atoms. The number of amides is 2. The van der Waals surface area contributed by atoms with E-state index in [4.69, 9.17) is 9.47 Å². The van der Waals surface area contributed by atoms with Crippen LogP contribution in [0.2, 0.25) is 0 Å². The molecule has 2 atom stereocenters. The van der Waals surface area contributed by atoms with Gasteiger partial charge in [-0.2, -0.15) is 4.31 Å². The number of benzene rings is 2. The van der Waals surface area contributed by atoms with Crippen molar-refractivity contribution in [2.45, 2.75) is 36.8 Å². The van der Waals surface area contributed by atoms with Crippen molar-refractivity contribution in [3.05, 3.63) is 54.1 Å². The summed E-state index contributed by atoms with van der Waals surface area (Å²) in [7, 11) is -3.83. The summed E-state index contributed by atoms with van der Waals surface area (Å²) in [6.45, 7) is 2.10. The molecule has 2 heterocycles. The standard InChI is InChI=1S/C21H23N3O6S/c1-14-8-10-15(11-9-14)31(27,28)24-12-4-5-16(24)20(25)22-23-21(26)19-13-29-17-6-2-3-7-18(17)30-19/h2-3,6-11,16,19H,4-5,12-13H2,1H3,(H,22,25)(H,23,26). The second kappa shape index (κ2) is 8.56. The van der Waals surface area contributed by atoms with Gasteiger partial charge >= 0.3 is 0 Å². The van der Waals surface area contributed by atoms with E-state index < -0.39 is 34.0 Å². The van der Waals surface area contributed by atoms with Gasteiger partial charge in [0.05, 0.1) is 4.90 Å². The molecule has 0 bridgehead atoms. The minimum Gasteiger partial charge on any atom is -0.485 e. The fraction of sp³-hybridized carbons (Fsp3) is 0.333. The van der Waals surface area contributed by atoms with Gasteiger partial charge in [-0.05, 0) is 44.0 Å². The molecule has 31 heavy (non-hydrogen) atoms. The van der Waals surface area contributed by atoms with Crippen LogP contribution in [0.1, 0.15) is 18.4 Å². The number of ether oxygens (including phenoxy) is 2. The van der Waals surface area contributed by atoms with Crippen LogP contribution in [0.25, 0.3) is 0 Å². The number of rotatable bonds is 4. The fourth-order valence-corrected chi connectivity index (χ4v) is 5.23. The van der Waals surface area contributed by atoms with Gasteiger partial charge in [-0.25, -0.2) is 8.42 Å². The van der Waals surface area contributed by atoms with Crippen molar-refractivity contribution < 1.29 is 27.5 Å². The number of fused-ring (bicyclic) bond motifs is 1. The average molecular weight is 445 g/mol. The Labute approximate surface area is 180 Å². The van der Waals surface area contributed by atoms with Crippen LogP contribution in [0.5, 0.6) is 11.5 Å². The average Bonchev–Trinajstić information content (AvgIpc) is 3.28. The number of nitrogens with zero attached hydrogens (tertiary/aromatic N) is 1. The summed E-state index contributed by atoms with van der Waals surface area (Å²) in [5.74, 6) is -0.211. The molecule has 0 aliphatic carbocycles. The maximum Gasteiger partial charge on any atom is 0.283 e. The van der Waals surface area contributed by atoms with Crippen LogP contribution in [0.4, 0.5) is 0 Å². The molecule has 9 nitrogen and oxygen atoms in total. The van der Waals surface area contributed by atoms with Crippen LogP contribution < -0.4 is 20.3 Å². The van der Waals surface area contributed by atoms with Crippen LogP contribution in [-0.2, 0) is 19.6 Å².